The summed E-state index contributed by atoms with van der Waals surface area (Å²) in [7, 11) is 0. The summed E-state index contributed by atoms with van der Waals surface area (Å²) in [5.41, 5.74) is 2.10. The Morgan fingerprint density at radius 3 is 2.73 bits per heavy atom. The number of carbonyl (C=O) groups excluding carboxylic acids is 1. The van der Waals surface area contributed by atoms with Gasteiger partial charge in [0, 0.05) is 18.4 Å². The first-order valence-corrected chi connectivity index (χ1v) is 9.03. The van der Waals surface area contributed by atoms with Gasteiger partial charge in [-0.3, -0.25) is 9.48 Å². The molecule has 0 bridgehead atoms. The predicted octanol–water partition coefficient (Wildman–Crippen LogP) is 3.18. The van der Waals surface area contributed by atoms with Crippen molar-refractivity contribution in [1.82, 2.24) is 15.1 Å². The van der Waals surface area contributed by atoms with Gasteiger partial charge in [-0.25, -0.2) is 0 Å². The summed E-state index contributed by atoms with van der Waals surface area (Å²) in [6.45, 7) is 8.45. The monoisotopic (exact) mass is 356 g/mol. The number of unbranched alkanes of at least 4 members (excludes halogenated alkanes) is 2. The number of hydrogen-bond acceptors (Lipinski definition) is 4. The highest BCUT2D eigenvalue weighted by Crippen LogP contribution is 2.23. The van der Waals surface area contributed by atoms with Crippen LogP contribution in [-0.4, -0.2) is 33.4 Å². The zero-order valence-electron chi connectivity index (χ0n) is 16.0. The zero-order chi connectivity index (χ0) is 19.3. The Bertz CT molecular complexity index is 812. The largest absolute Gasteiger partial charge is 0.394 e. The van der Waals surface area contributed by atoms with Crippen LogP contribution in [0, 0.1) is 23.7 Å². The number of aliphatic hydroxyl groups excluding tert-OH is 1. The standard InChI is InChI=1S/C20H28N4O2/c1-14-8-9-16-15(12-14)18(23-24(16)11-7-5-6-10-21)19(26)22-17(13-25)20(2,3)4/h8-9,12,17,25H,5-7,11,13H2,1-4H3,(H,22,26). The minimum Gasteiger partial charge on any atom is -0.394 e. The van der Waals surface area contributed by atoms with Crippen LogP contribution in [0.3, 0.4) is 0 Å². The van der Waals surface area contributed by atoms with Gasteiger partial charge in [0.15, 0.2) is 5.69 Å². The molecule has 140 valence electrons. The van der Waals surface area contributed by atoms with Gasteiger partial charge in [0.1, 0.15) is 0 Å². The van der Waals surface area contributed by atoms with E-state index in [1.807, 2.05) is 50.6 Å². The lowest BCUT2D eigenvalue weighted by Crippen LogP contribution is -2.46. The molecule has 0 spiro atoms. The number of rotatable bonds is 7. The van der Waals surface area contributed by atoms with Crippen molar-refractivity contribution in [2.24, 2.45) is 5.41 Å². The number of aliphatic hydroxyl groups is 1. The van der Waals surface area contributed by atoms with Gasteiger partial charge in [-0.2, -0.15) is 10.4 Å². The molecular formula is C20H28N4O2. The van der Waals surface area contributed by atoms with Gasteiger partial charge in [-0.15, -0.1) is 0 Å². The molecule has 0 saturated carbocycles. The van der Waals surface area contributed by atoms with E-state index in [9.17, 15) is 9.90 Å². The number of hydrogen-bond donors (Lipinski definition) is 2. The summed E-state index contributed by atoms with van der Waals surface area (Å²) >= 11 is 0. The third kappa shape index (κ3) is 4.61. The molecule has 0 radical (unpaired) electrons. The maximum absolute atomic E-state index is 12.8. The van der Waals surface area contributed by atoms with Crippen LogP contribution in [0.25, 0.3) is 10.9 Å². The van der Waals surface area contributed by atoms with Crippen LogP contribution in [0.4, 0.5) is 0 Å². The number of fused-ring (bicyclic) bond motifs is 1. The van der Waals surface area contributed by atoms with E-state index in [4.69, 9.17) is 5.26 Å². The number of nitriles is 1. The summed E-state index contributed by atoms with van der Waals surface area (Å²) in [4.78, 5) is 12.8. The zero-order valence-corrected chi connectivity index (χ0v) is 16.0. The van der Waals surface area contributed by atoms with Gasteiger partial charge >= 0.3 is 0 Å². The molecule has 2 aromatic rings. The summed E-state index contributed by atoms with van der Waals surface area (Å²) in [6, 6.07) is 7.74. The first-order valence-electron chi connectivity index (χ1n) is 9.03. The fourth-order valence-corrected chi connectivity index (χ4v) is 2.86. The summed E-state index contributed by atoms with van der Waals surface area (Å²) in [5.74, 6) is -0.273. The topological polar surface area (TPSA) is 90.9 Å². The van der Waals surface area contributed by atoms with Crippen molar-refractivity contribution in [3.63, 3.8) is 0 Å². The fraction of sp³-hybridized carbons (Fsp3) is 0.550. The Morgan fingerprint density at radius 1 is 1.38 bits per heavy atom. The van der Waals surface area contributed by atoms with Gasteiger partial charge in [0.2, 0.25) is 0 Å². The smallest absolute Gasteiger partial charge is 0.272 e. The molecule has 1 atom stereocenters. The van der Waals surface area contributed by atoms with Crippen LogP contribution < -0.4 is 5.32 Å². The maximum atomic E-state index is 12.8. The van der Waals surface area contributed by atoms with Crippen molar-refractivity contribution in [3.05, 3.63) is 29.5 Å². The number of nitrogens with zero attached hydrogens (tertiary/aromatic N) is 3. The molecule has 1 amide bonds. The highest BCUT2D eigenvalue weighted by atomic mass is 16.3. The van der Waals surface area contributed by atoms with Crippen molar-refractivity contribution in [3.8, 4) is 6.07 Å². The van der Waals surface area contributed by atoms with Gasteiger partial charge in [0.25, 0.3) is 5.91 Å². The van der Waals surface area contributed by atoms with Crippen LogP contribution in [0.15, 0.2) is 18.2 Å². The van der Waals surface area contributed by atoms with Gasteiger partial charge in [-0.05, 0) is 37.3 Å². The Balaban J connectivity index is 2.32. The van der Waals surface area contributed by atoms with E-state index in [0.29, 0.717) is 18.7 Å². The van der Waals surface area contributed by atoms with Crippen LogP contribution >= 0.6 is 0 Å². The number of nitrogens with one attached hydrogen (secondary N) is 1. The lowest BCUT2D eigenvalue weighted by molar-refractivity contribution is 0.0844. The molecule has 1 unspecified atom stereocenters. The lowest BCUT2D eigenvalue weighted by Gasteiger charge is -2.29. The quantitative estimate of drug-likeness (QED) is 0.746. The lowest BCUT2D eigenvalue weighted by atomic mass is 9.87. The molecule has 1 aromatic heterocycles. The second-order valence-electron chi connectivity index (χ2n) is 7.78. The van der Waals surface area contributed by atoms with Gasteiger partial charge in [-0.1, -0.05) is 32.4 Å². The van der Waals surface area contributed by atoms with Crippen molar-refractivity contribution in [1.29, 1.82) is 5.26 Å². The third-order valence-electron chi connectivity index (χ3n) is 4.56. The minimum atomic E-state index is -0.351. The van der Waals surface area contributed by atoms with Crippen LogP contribution in [0.2, 0.25) is 0 Å². The van der Waals surface area contributed by atoms with Gasteiger partial charge in [0.05, 0.1) is 24.2 Å². The number of aryl methyl sites for hydroxylation is 2. The second-order valence-corrected chi connectivity index (χ2v) is 7.78. The van der Waals surface area contributed by atoms with Crippen molar-refractivity contribution in [2.75, 3.05) is 6.61 Å². The van der Waals surface area contributed by atoms with E-state index < -0.39 is 0 Å². The van der Waals surface area contributed by atoms with Crippen LogP contribution in [0.1, 0.15) is 56.1 Å². The van der Waals surface area contributed by atoms with Crippen molar-refractivity contribution in [2.45, 2.75) is 59.5 Å². The predicted molar refractivity (Wildman–Crippen MR) is 102 cm³/mol. The van der Waals surface area contributed by atoms with Crippen molar-refractivity contribution >= 4 is 16.8 Å². The van der Waals surface area contributed by atoms with Crippen molar-refractivity contribution < 1.29 is 9.90 Å². The number of carbonyl (C=O) groups is 1. The Hall–Kier alpha value is -2.39. The molecule has 0 saturated heterocycles. The number of aromatic nitrogens is 2. The molecule has 2 N–H and O–H groups in total. The number of benzene rings is 1. The number of amides is 1. The molecular weight excluding hydrogens is 328 g/mol. The first-order chi connectivity index (χ1) is 12.3. The van der Waals surface area contributed by atoms with E-state index in [0.717, 1.165) is 29.3 Å². The maximum Gasteiger partial charge on any atom is 0.272 e. The van der Waals surface area contributed by atoms with E-state index in [1.54, 1.807) is 0 Å². The molecule has 0 aliphatic carbocycles. The summed E-state index contributed by atoms with van der Waals surface area (Å²) in [5, 5.41) is 26.6. The summed E-state index contributed by atoms with van der Waals surface area (Å²) in [6.07, 6.45) is 2.16. The molecule has 26 heavy (non-hydrogen) atoms. The van der Waals surface area contributed by atoms with E-state index >= 15 is 0 Å². The minimum absolute atomic E-state index is 0.124. The molecule has 0 aliphatic heterocycles. The molecule has 2 rings (SSSR count). The van der Waals surface area contributed by atoms with E-state index in [2.05, 4.69) is 16.5 Å². The Morgan fingerprint density at radius 2 is 2.12 bits per heavy atom. The first kappa shape index (κ1) is 19.9. The fourth-order valence-electron chi connectivity index (χ4n) is 2.86. The summed E-state index contributed by atoms with van der Waals surface area (Å²) < 4.78 is 1.84. The van der Waals surface area contributed by atoms with E-state index in [-0.39, 0.29) is 24.0 Å². The SMILES string of the molecule is Cc1ccc2c(c1)c(C(=O)NC(CO)C(C)(C)C)nn2CCCCC#N. The Labute approximate surface area is 154 Å². The molecule has 0 aliphatic rings. The second kappa shape index (κ2) is 8.33. The van der Waals surface area contributed by atoms with Crippen LogP contribution in [0.5, 0.6) is 0 Å². The molecule has 1 aromatic carbocycles. The average molecular weight is 356 g/mol. The average Bonchev–Trinajstić information content (AvgIpc) is 2.93. The van der Waals surface area contributed by atoms with Crippen LogP contribution in [-0.2, 0) is 6.54 Å². The normalized spacial score (nSPS) is 12.8. The van der Waals surface area contributed by atoms with E-state index in [1.165, 1.54) is 0 Å². The Kier molecular flexibility index (Phi) is 6.38. The highest BCUT2D eigenvalue weighted by molar-refractivity contribution is 6.05. The molecule has 1 heterocycles. The highest BCUT2D eigenvalue weighted by Gasteiger charge is 2.27. The van der Waals surface area contributed by atoms with Gasteiger partial charge < -0.3 is 10.4 Å². The molecule has 6 heteroatoms. The molecule has 6 nitrogen and oxygen atoms in total. The third-order valence-corrected chi connectivity index (χ3v) is 4.56. The molecule has 0 fully saturated rings.